The number of aryl methyl sites for hydroxylation is 2. The van der Waals surface area contributed by atoms with Gasteiger partial charge in [0, 0.05) is 18.3 Å². The minimum absolute atomic E-state index is 0.445. The number of ether oxygens (including phenoxy) is 1. The van der Waals surface area contributed by atoms with Crippen molar-refractivity contribution in [1.29, 1.82) is 0 Å². The van der Waals surface area contributed by atoms with Crippen LogP contribution < -0.4 is 10.2 Å². The van der Waals surface area contributed by atoms with E-state index in [-0.39, 0.29) is 0 Å². The van der Waals surface area contributed by atoms with E-state index in [9.17, 15) is 0 Å². The Morgan fingerprint density at radius 2 is 2.16 bits per heavy atom. The Labute approximate surface area is 112 Å². The third-order valence-electron chi connectivity index (χ3n) is 2.94. The number of hydrogen-bond donors (Lipinski definition) is 2. The number of rotatable bonds is 5. The first kappa shape index (κ1) is 13.6. The van der Waals surface area contributed by atoms with Gasteiger partial charge in [0.25, 0.3) is 0 Å². The Bertz CT molecular complexity index is 555. The second-order valence-electron chi connectivity index (χ2n) is 4.39. The van der Waals surface area contributed by atoms with E-state index in [1.165, 1.54) is 0 Å². The summed E-state index contributed by atoms with van der Waals surface area (Å²) in [4.78, 5) is 0. The fraction of sp³-hybridized carbons (Fsp3) is 0.308. The van der Waals surface area contributed by atoms with E-state index in [1.807, 2.05) is 24.7 Å². The highest BCUT2D eigenvalue weighted by Gasteiger charge is 2.14. The Morgan fingerprint density at radius 3 is 2.74 bits per heavy atom. The molecule has 2 N–H and O–H groups in total. The van der Waals surface area contributed by atoms with Crippen LogP contribution in [-0.4, -0.2) is 26.9 Å². The van der Waals surface area contributed by atoms with Crippen LogP contribution in [0.25, 0.3) is 0 Å². The van der Waals surface area contributed by atoms with Crippen LogP contribution in [-0.2, 0) is 13.2 Å². The van der Waals surface area contributed by atoms with Crippen molar-refractivity contribution in [1.82, 2.24) is 9.78 Å². The second kappa shape index (κ2) is 5.90. The van der Waals surface area contributed by atoms with Gasteiger partial charge >= 0.3 is 7.12 Å². The lowest BCUT2D eigenvalue weighted by atomic mass is 9.77. The van der Waals surface area contributed by atoms with Crippen molar-refractivity contribution in [3.05, 3.63) is 41.7 Å². The molecule has 5 nitrogen and oxygen atoms in total. The molecule has 0 atom stereocenters. The maximum Gasteiger partial charge on any atom is 0.488 e. The average Bonchev–Trinajstić information content (AvgIpc) is 2.84. The molecule has 1 aromatic carbocycles. The van der Waals surface area contributed by atoms with E-state index in [2.05, 4.69) is 5.10 Å². The van der Waals surface area contributed by atoms with E-state index in [1.54, 1.807) is 24.4 Å². The van der Waals surface area contributed by atoms with Gasteiger partial charge < -0.3 is 14.8 Å². The zero-order chi connectivity index (χ0) is 13.8. The molecule has 2 rings (SSSR count). The number of hydrogen-bond acceptors (Lipinski definition) is 4. The molecular weight excluding hydrogens is 243 g/mol. The molecule has 6 heteroatoms. The van der Waals surface area contributed by atoms with Gasteiger partial charge in [-0.3, -0.25) is 4.68 Å². The van der Waals surface area contributed by atoms with Crippen molar-refractivity contribution in [2.24, 2.45) is 0 Å². The summed E-state index contributed by atoms with van der Waals surface area (Å²) in [7, 11) is -1.45. The van der Waals surface area contributed by atoms with E-state index < -0.39 is 7.12 Å². The molecule has 1 aromatic heterocycles. The van der Waals surface area contributed by atoms with Gasteiger partial charge in [0.2, 0.25) is 0 Å². The maximum atomic E-state index is 9.14. The van der Waals surface area contributed by atoms with E-state index in [0.29, 0.717) is 17.8 Å². The molecule has 0 unspecified atom stereocenters. The summed E-state index contributed by atoms with van der Waals surface area (Å²) >= 11 is 0. The third-order valence-corrected chi connectivity index (χ3v) is 2.94. The van der Waals surface area contributed by atoms with Crippen LogP contribution in [0.2, 0.25) is 0 Å². The lowest BCUT2D eigenvalue weighted by Crippen LogP contribution is -2.31. The molecule has 0 saturated heterocycles. The van der Waals surface area contributed by atoms with Gasteiger partial charge in [0.1, 0.15) is 12.4 Å². The number of benzene rings is 1. The Morgan fingerprint density at radius 1 is 1.37 bits per heavy atom. The monoisotopic (exact) mass is 260 g/mol. The zero-order valence-corrected chi connectivity index (χ0v) is 11.1. The van der Waals surface area contributed by atoms with Crippen LogP contribution >= 0.6 is 0 Å². The topological polar surface area (TPSA) is 67.5 Å². The highest BCUT2D eigenvalue weighted by Crippen LogP contribution is 2.13. The van der Waals surface area contributed by atoms with Gasteiger partial charge in [0.05, 0.1) is 6.20 Å². The largest absolute Gasteiger partial charge is 0.489 e. The summed E-state index contributed by atoms with van der Waals surface area (Å²) in [5.74, 6) is 0.700. The standard InChI is InChI=1S/C13H17BN2O3/c1-3-16-8-11(7-15-16)9-19-12-4-5-13(14(17)18)10(2)6-12/h4-8,17-18H,3,9H2,1-2H3. The molecular formula is C13H17BN2O3. The third kappa shape index (κ3) is 3.36. The molecule has 0 amide bonds. The van der Waals surface area contributed by atoms with Crippen LogP contribution in [0.4, 0.5) is 0 Å². The maximum absolute atomic E-state index is 9.14. The van der Waals surface area contributed by atoms with E-state index in [0.717, 1.165) is 17.7 Å². The van der Waals surface area contributed by atoms with Crippen LogP contribution in [0.3, 0.4) is 0 Å². The van der Waals surface area contributed by atoms with Crippen LogP contribution in [0, 0.1) is 6.92 Å². The summed E-state index contributed by atoms with van der Waals surface area (Å²) in [6, 6.07) is 5.18. The minimum Gasteiger partial charge on any atom is -0.489 e. The first-order chi connectivity index (χ1) is 9.10. The normalized spacial score (nSPS) is 10.5. The highest BCUT2D eigenvalue weighted by molar-refractivity contribution is 6.59. The fourth-order valence-electron chi connectivity index (χ4n) is 1.85. The highest BCUT2D eigenvalue weighted by atomic mass is 16.5. The second-order valence-corrected chi connectivity index (χ2v) is 4.39. The molecule has 0 bridgehead atoms. The van der Waals surface area contributed by atoms with E-state index >= 15 is 0 Å². The molecule has 0 aliphatic heterocycles. The molecule has 0 radical (unpaired) electrons. The smallest absolute Gasteiger partial charge is 0.488 e. The van der Waals surface area contributed by atoms with Crippen molar-refractivity contribution < 1.29 is 14.8 Å². The van der Waals surface area contributed by atoms with Crippen molar-refractivity contribution in [3.8, 4) is 5.75 Å². The molecule has 0 aliphatic rings. The Balaban J connectivity index is 2.01. The predicted octanol–water partition coefficient (Wildman–Crippen LogP) is 0.470. The van der Waals surface area contributed by atoms with Gasteiger partial charge in [0.15, 0.2) is 0 Å². The zero-order valence-electron chi connectivity index (χ0n) is 11.1. The molecule has 0 aliphatic carbocycles. The SMILES string of the molecule is CCn1cc(COc2ccc(B(O)O)c(C)c2)cn1. The molecule has 19 heavy (non-hydrogen) atoms. The van der Waals surface area contributed by atoms with Crippen molar-refractivity contribution in [3.63, 3.8) is 0 Å². The molecule has 1 heterocycles. The average molecular weight is 260 g/mol. The number of nitrogens with zero attached hydrogens (tertiary/aromatic N) is 2. The molecule has 0 spiro atoms. The lowest BCUT2D eigenvalue weighted by molar-refractivity contribution is 0.306. The van der Waals surface area contributed by atoms with Crippen LogP contribution in [0.1, 0.15) is 18.1 Å². The summed E-state index contributed by atoms with van der Waals surface area (Å²) in [5, 5.41) is 22.4. The molecule has 100 valence electrons. The van der Waals surface area contributed by atoms with Crippen LogP contribution in [0.5, 0.6) is 5.75 Å². The lowest BCUT2D eigenvalue weighted by Gasteiger charge is -2.09. The van der Waals surface area contributed by atoms with Gasteiger partial charge in [-0.05, 0) is 37.0 Å². The van der Waals surface area contributed by atoms with Gasteiger partial charge in [-0.1, -0.05) is 6.07 Å². The summed E-state index contributed by atoms with van der Waals surface area (Å²) in [6.07, 6.45) is 3.72. The number of aromatic nitrogens is 2. The molecule has 2 aromatic rings. The van der Waals surface area contributed by atoms with Gasteiger partial charge in [-0.2, -0.15) is 5.10 Å². The van der Waals surface area contributed by atoms with Crippen molar-refractivity contribution >= 4 is 12.6 Å². The molecule has 0 saturated carbocycles. The summed E-state index contributed by atoms with van der Waals surface area (Å²) in [5.41, 5.74) is 2.29. The Hall–Kier alpha value is -1.79. The predicted molar refractivity (Wildman–Crippen MR) is 73.2 cm³/mol. The quantitative estimate of drug-likeness (QED) is 0.767. The van der Waals surface area contributed by atoms with Gasteiger partial charge in [-0.15, -0.1) is 0 Å². The molecule has 0 fully saturated rings. The summed E-state index contributed by atoms with van der Waals surface area (Å²) < 4.78 is 7.49. The first-order valence-corrected chi connectivity index (χ1v) is 6.21. The first-order valence-electron chi connectivity index (χ1n) is 6.21. The Kier molecular flexibility index (Phi) is 4.24. The van der Waals surface area contributed by atoms with E-state index in [4.69, 9.17) is 14.8 Å². The van der Waals surface area contributed by atoms with Crippen molar-refractivity contribution in [2.45, 2.75) is 27.0 Å². The fourth-order valence-corrected chi connectivity index (χ4v) is 1.85. The summed E-state index contributed by atoms with van der Waals surface area (Å²) in [6.45, 7) is 5.12. The minimum atomic E-state index is -1.45. The van der Waals surface area contributed by atoms with Crippen LogP contribution in [0.15, 0.2) is 30.6 Å². The van der Waals surface area contributed by atoms with Gasteiger partial charge in [-0.25, -0.2) is 0 Å². The van der Waals surface area contributed by atoms with Crippen molar-refractivity contribution in [2.75, 3.05) is 0 Å².